The molecule has 0 aliphatic carbocycles. The highest BCUT2D eigenvalue weighted by Crippen LogP contribution is 2.23. The van der Waals surface area contributed by atoms with E-state index in [1.807, 2.05) is 30.3 Å². The number of hydrogen-bond donors (Lipinski definition) is 1. The van der Waals surface area contributed by atoms with Crippen LogP contribution in [0.2, 0.25) is 10.0 Å². The van der Waals surface area contributed by atoms with Gasteiger partial charge in [0.2, 0.25) is 0 Å². The third kappa shape index (κ3) is 3.89. The fourth-order valence-corrected chi connectivity index (χ4v) is 2.31. The van der Waals surface area contributed by atoms with E-state index >= 15 is 0 Å². The van der Waals surface area contributed by atoms with Gasteiger partial charge in [0.05, 0.1) is 0 Å². The summed E-state index contributed by atoms with van der Waals surface area (Å²) in [5.41, 5.74) is 8.00. The minimum atomic E-state index is 0.0785. The molecule has 1 atom stereocenters. The van der Waals surface area contributed by atoms with Crippen molar-refractivity contribution < 1.29 is 4.74 Å². The maximum atomic E-state index is 6.10. The monoisotopic (exact) mass is 309 g/mol. The Morgan fingerprint density at radius 3 is 2.40 bits per heavy atom. The van der Waals surface area contributed by atoms with Crippen LogP contribution in [0.3, 0.4) is 0 Å². The topological polar surface area (TPSA) is 35.2 Å². The molecule has 0 heterocycles. The quantitative estimate of drug-likeness (QED) is 0.845. The Hall–Kier alpha value is -1.22. The molecule has 106 valence electrons. The van der Waals surface area contributed by atoms with Gasteiger partial charge in [0.1, 0.15) is 12.4 Å². The summed E-state index contributed by atoms with van der Waals surface area (Å²) in [4.78, 5) is 0. The summed E-state index contributed by atoms with van der Waals surface area (Å²) < 4.78 is 5.71. The lowest BCUT2D eigenvalue weighted by atomic mass is 10.1. The molecule has 0 bridgehead atoms. The van der Waals surface area contributed by atoms with E-state index in [4.69, 9.17) is 33.7 Å². The van der Waals surface area contributed by atoms with Gasteiger partial charge in [-0.15, -0.1) is 0 Å². The van der Waals surface area contributed by atoms with Gasteiger partial charge in [-0.05, 0) is 36.2 Å². The Bertz CT molecular complexity index is 569. The second-order valence-corrected chi connectivity index (χ2v) is 5.45. The Morgan fingerprint density at radius 2 is 1.80 bits per heavy atom. The molecule has 2 aromatic rings. The van der Waals surface area contributed by atoms with Gasteiger partial charge in [-0.2, -0.15) is 0 Å². The first-order valence-electron chi connectivity index (χ1n) is 6.52. The molecule has 0 saturated carbocycles. The maximum absolute atomic E-state index is 6.10. The minimum absolute atomic E-state index is 0.0785. The Labute approximate surface area is 129 Å². The predicted molar refractivity (Wildman–Crippen MR) is 84.5 cm³/mol. The summed E-state index contributed by atoms with van der Waals surface area (Å²) >= 11 is 12.0. The molecule has 2 N–H and O–H groups in total. The molecule has 4 heteroatoms. The fourth-order valence-electron chi connectivity index (χ4n) is 1.85. The third-order valence-electron chi connectivity index (χ3n) is 3.16. The van der Waals surface area contributed by atoms with Gasteiger partial charge in [0.15, 0.2) is 0 Å². The Balaban J connectivity index is 2.00. The summed E-state index contributed by atoms with van der Waals surface area (Å²) in [6.07, 6.45) is 0.917. The predicted octanol–water partition coefficient (Wildman–Crippen LogP) is 4.98. The van der Waals surface area contributed by atoms with Crippen molar-refractivity contribution in [1.29, 1.82) is 0 Å². The smallest absolute Gasteiger partial charge is 0.119 e. The molecule has 0 radical (unpaired) electrons. The summed E-state index contributed by atoms with van der Waals surface area (Å²) in [7, 11) is 0. The first kappa shape index (κ1) is 15.2. The van der Waals surface area contributed by atoms with E-state index in [-0.39, 0.29) is 6.04 Å². The van der Waals surface area contributed by atoms with Gasteiger partial charge in [-0.3, -0.25) is 0 Å². The van der Waals surface area contributed by atoms with Crippen molar-refractivity contribution in [2.24, 2.45) is 5.73 Å². The van der Waals surface area contributed by atoms with Crippen LogP contribution in [0.25, 0.3) is 0 Å². The molecule has 2 nitrogen and oxygen atoms in total. The van der Waals surface area contributed by atoms with Crippen molar-refractivity contribution in [1.82, 2.24) is 0 Å². The third-order valence-corrected chi connectivity index (χ3v) is 3.74. The molecule has 0 aliphatic rings. The van der Waals surface area contributed by atoms with Gasteiger partial charge in [-0.25, -0.2) is 0 Å². The van der Waals surface area contributed by atoms with Crippen LogP contribution in [0.4, 0.5) is 0 Å². The van der Waals surface area contributed by atoms with Crippen LogP contribution in [0.15, 0.2) is 42.5 Å². The second-order valence-electron chi connectivity index (χ2n) is 4.61. The van der Waals surface area contributed by atoms with E-state index in [9.17, 15) is 0 Å². The lowest BCUT2D eigenvalue weighted by Crippen LogP contribution is -2.08. The highest BCUT2D eigenvalue weighted by Gasteiger charge is 2.05. The number of rotatable bonds is 5. The van der Waals surface area contributed by atoms with Gasteiger partial charge in [0.25, 0.3) is 0 Å². The van der Waals surface area contributed by atoms with Crippen molar-refractivity contribution >= 4 is 23.2 Å². The summed E-state index contributed by atoms with van der Waals surface area (Å²) in [6, 6.07) is 13.3. The van der Waals surface area contributed by atoms with Crippen molar-refractivity contribution in [2.45, 2.75) is 26.0 Å². The average molecular weight is 310 g/mol. The van der Waals surface area contributed by atoms with Crippen LogP contribution >= 0.6 is 23.2 Å². The zero-order valence-electron chi connectivity index (χ0n) is 11.3. The molecule has 0 fully saturated rings. The SMILES string of the molecule is CC[C@@H](N)c1ccc(OCc2ccc(Cl)cc2Cl)cc1. The number of benzene rings is 2. The van der Waals surface area contributed by atoms with Gasteiger partial charge < -0.3 is 10.5 Å². The number of halogens is 2. The first-order chi connectivity index (χ1) is 9.60. The number of hydrogen-bond acceptors (Lipinski definition) is 2. The standard InChI is InChI=1S/C16H17Cl2NO/c1-2-16(19)11-4-7-14(8-5-11)20-10-12-3-6-13(17)9-15(12)18/h3-9,16H,2,10,19H2,1H3/t16-/m1/s1. The molecular formula is C16H17Cl2NO. The van der Waals surface area contributed by atoms with Crippen LogP contribution in [-0.2, 0) is 6.61 Å². The zero-order valence-corrected chi connectivity index (χ0v) is 12.8. The highest BCUT2D eigenvalue weighted by atomic mass is 35.5. The van der Waals surface area contributed by atoms with E-state index in [0.717, 1.165) is 23.3 Å². The van der Waals surface area contributed by atoms with Gasteiger partial charge in [-0.1, -0.05) is 48.3 Å². The molecule has 0 saturated heterocycles. The van der Waals surface area contributed by atoms with E-state index in [1.165, 1.54) is 0 Å². The Morgan fingerprint density at radius 1 is 1.10 bits per heavy atom. The average Bonchev–Trinajstić information content (AvgIpc) is 2.46. The number of ether oxygens (including phenoxy) is 1. The van der Waals surface area contributed by atoms with Gasteiger partial charge in [0, 0.05) is 21.7 Å². The van der Waals surface area contributed by atoms with E-state index in [0.29, 0.717) is 16.7 Å². The lowest BCUT2D eigenvalue weighted by molar-refractivity contribution is 0.306. The molecule has 20 heavy (non-hydrogen) atoms. The highest BCUT2D eigenvalue weighted by molar-refractivity contribution is 6.35. The van der Waals surface area contributed by atoms with Crippen LogP contribution in [-0.4, -0.2) is 0 Å². The molecule has 2 aromatic carbocycles. The molecular weight excluding hydrogens is 293 g/mol. The largest absolute Gasteiger partial charge is 0.489 e. The molecule has 2 rings (SSSR count). The van der Waals surface area contributed by atoms with Gasteiger partial charge >= 0.3 is 0 Å². The second kappa shape index (κ2) is 6.98. The van der Waals surface area contributed by atoms with Crippen molar-refractivity contribution in [3.63, 3.8) is 0 Å². The van der Waals surface area contributed by atoms with Crippen molar-refractivity contribution in [3.05, 3.63) is 63.6 Å². The van der Waals surface area contributed by atoms with E-state index < -0.39 is 0 Å². The summed E-state index contributed by atoms with van der Waals surface area (Å²) in [5, 5.41) is 1.23. The summed E-state index contributed by atoms with van der Waals surface area (Å²) in [6.45, 7) is 2.48. The summed E-state index contributed by atoms with van der Waals surface area (Å²) in [5.74, 6) is 0.795. The molecule has 0 aromatic heterocycles. The van der Waals surface area contributed by atoms with Crippen LogP contribution in [0.1, 0.15) is 30.5 Å². The molecule has 0 spiro atoms. The van der Waals surface area contributed by atoms with Crippen LogP contribution in [0.5, 0.6) is 5.75 Å². The molecule has 0 aliphatic heterocycles. The maximum Gasteiger partial charge on any atom is 0.119 e. The Kier molecular flexibility index (Phi) is 5.30. The van der Waals surface area contributed by atoms with Crippen LogP contribution < -0.4 is 10.5 Å². The fraction of sp³-hybridized carbons (Fsp3) is 0.250. The first-order valence-corrected chi connectivity index (χ1v) is 7.28. The molecule has 0 unspecified atom stereocenters. The van der Waals surface area contributed by atoms with E-state index in [1.54, 1.807) is 12.1 Å². The van der Waals surface area contributed by atoms with Crippen molar-refractivity contribution in [3.8, 4) is 5.75 Å². The van der Waals surface area contributed by atoms with Crippen LogP contribution in [0, 0.1) is 0 Å². The minimum Gasteiger partial charge on any atom is -0.489 e. The van der Waals surface area contributed by atoms with E-state index in [2.05, 4.69) is 6.92 Å². The van der Waals surface area contributed by atoms with Crippen molar-refractivity contribution in [2.75, 3.05) is 0 Å². The normalized spacial score (nSPS) is 12.2. The lowest BCUT2D eigenvalue weighted by Gasteiger charge is -2.11. The zero-order chi connectivity index (χ0) is 14.5. The molecule has 0 amide bonds. The number of nitrogens with two attached hydrogens (primary N) is 1.